The smallest absolute Gasteiger partial charge is 0.264 e. The second-order valence-corrected chi connectivity index (χ2v) is 10.5. The van der Waals surface area contributed by atoms with Crippen molar-refractivity contribution < 1.29 is 22.8 Å². The number of pyridine rings is 1. The van der Waals surface area contributed by atoms with Crippen molar-refractivity contribution in [1.29, 1.82) is 0 Å². The molecule has 3 rings (SSSR count). The maximum absolute atomic E-state index is 14.9. The molecule has 2 aromatic heterocycles. The summed E-state index contributed by atoms with van der Waals surface area (Å²) in [4.78, 5) is 35.2. The van der Waals surface area contributed by atoms with Crippen LogP contribution in [-0.2, 0) is 21.2 Å². The predicted octanol–water partition coefficient (Wildman–Crippen LogP) is 1.36. The van der Waals surface area contributed by atoms with Crippen LogP contribution >= 0.6 is 0 Å². The number of hydrogen-bond acceptors (Lipinski definition) is 8. The minimum atomic E-state index is -3.93. The minimum absolute atomic E-state index is 0.00397. The van der Waals surface area contributed by atoms with Crippen molar-refractivity contribution in [3.63, 3.8) is 0 Å². The van der Waals surface area contributed by atoms with Gasteiger partial charge in [-0.1, -0.05) is 0 Å². The van der Waals surface area contributed by atoms with Gasteiger partial charge in [0, 0.05) is 44.2 Å². The van der Waals surface area contributed by atoms with Gasteiger partial charge >= 0.3 is 0 Å². The Morgan fingerprint density at radius 2 is 1.97 bits per heavy atom. The zero-order chi connectivity index (χ0) is 24.6. The topological polar surface area (TPSA) is 134 Å². The number of anilines is 1. The molecule has 2 N–H and O–H groups in total. The first-order chi connectivity index (χ1) is 15.4. The first-order valence-corrected chi connectivity index (χ1v) is 11.7. The van der Waals surface area contributed by atoms with Crippen LogP contribution in [0.4, 0.5) is 10.2 Å². The fourth-order valence-electron chi connectivity index (χ4n) is 3.29. The average Bonchev–Trinajstić information content (AvgIpc) is 2.77. The van der Waals surface area contributed by atoms with Crippen LogP contribution in [0.25, 0.3) is 22.0 Å². The van der Waals surface area contributed by atoms with Crippen molar-refractivity contribution in [2.24, 2.45) is 0 Å². The normalized spacial score (nSPS) is 13.5. The van der Waals surface area contributed by atoms with Gasteiger partial charge in [-0.25, -0.2) is 28.3 Å². The maximum atomic E-state index is 14.9. The van der Waals surface area contributed by atoms with Gasteiger partial charge in [-0.3, -0.25) is 19.4 Å². The van der Waals surface area contributed by atoms with E-state index in [-0.39, 0.29) is 29.4 Å². The van der Waals surface area contributed by atoms with E-state index in [0.29, 0.717) is 11.4 Å². The number of carbonyl (C=O) groups is 1. The molecule has 176 valence electrons. The van der Waals surface area contributed by atoms with Crippen LogP contribution in [-0.4, -0.2) is 59.2 Å². The second-order valence-electron chi connectivity index (χ2n) is 8.09. The predicted molar refractivity (Wildman–Crippen MR) is 121 cm³/mol. The number of amides is 1. The third-order valence-electron chi connectivity index (χ3n) is 5.66. The number of aryl methyl sites for hydroxylation is 1. The van der Waals surface area contributed by atoms with Crippen LogP contribution in [0.15, 0.2) is 41.6 Å². The molecule has 0 bridgehead atoms. The van der Waals surface area contributed by atoms with Gasteiger partial charge in [-0.2, -0.15) is 0 Å². The van der Waals surface area contributed by atoms with Gasteiger partial charge in [-0.15, -0.1) is 0 Å². The molecule has 0 fully saturated rings. The summed E-state index contributed by atoms with van der Waals surface area (Å²) in [5.41, 5.74) is 1.76. The molecule has 0 unspecified atom stereocenters. The van der Waals surface area contributed by atoms with Gasteiger partial charge < -0.3 is 4.90 Å². The average molecular weight is 478 g/mol. The van der Waals surface area contributed by atoms with Crippen molar-refractivity contribution in [1.82, 2.24) is 20.0 Å². The summed E-state index contributed by atoms with van der Waals surface area (Å²) < 4.78 is 38.2. The Morgan fingerprint density at radius 1 is 1.27 bits per heavy atom. The van der Waals surface area contributed by atoms with E-state index in [1.54, 1.807) is 12.1 Å². The number of hydroxylamine groups is 1. The van der Waals surface area contributed by atoms with Gasteiger partial charge in [0.15, 0.2) is 14.6 Å². The molecule has 0 spiro atoms. The molecule has 0 aliphatic heterocycles. The van der Waals surface area contributed by atoms with E-state index in [0.717, 1.165) is 23.8 Å². The van der Waals surface area contributed by atoms with Gasteiger partial charge in [-0.05, 0) is 37.6 Å². The van der Waals surface area contributed by atoms with E-state index < -0.39 is 31.9 Å². The number of carbonyl (C=O) groups excluding carboxylic acids is 1. The fourth-order valence-corrected chi connectivity index (χ4v) is 4.13. The molecular weight excluding hydrogens is 453 g/mol. The molecule has 0 aliphatic carbocycles. The van der Waals surface area contributed by atoms with Crippen LogP contribution in [0.1, 0.15) is 13.3 Å². The molecule has 1 atom stereocenters. The zero-order valence-electron chi connectivity index (χ0n) is 18.5. The van der Waals surface area contributed by atoms with E-state index in [1.165, 1.54) is 24.1 Å². The molecule has 12 heteroatoms. The lowest BCUT2D eigenvalue weighted by atomic mass is 10.0. The molecule has 0 saturated heterocycles. The van der Waals surface area contributed by atoms with Gasteiger partial charge in [0.2, 0.25) is 0 Å². The Hall–Kier alpha value is -3.38. The van der Waals surface area contributed by atoms with Gasteiger partial charge in [0.1, 0.15) is 11.6 Å². The number of nitrogens with one attached hydrogen (secondary N) is 1. The lowest BCUT2D eigenvalue weighted by Crippen LogP contribution is -2.50. The Balaban J connectivity index is 1.98. The van der Waals surface area contributed by atoms with E-state index >= 15 is 0 Å². The molecular formula is C21H24FN5O5S. The van der Waals surface area contributed by atoms with E-state index in [4.69, 9.17) is 5.21 Å². The Kier molecular flexibility index (Phi) is 6.52. The molecule has 0 radical (unpaired) electrons. The maximum Gasteiger partial charge on any atom is 0.264 e. The summed E-state index contributed by atoms with van der Waals surface area (Å²) in [6, 6.07) is 5.98. The number of rotatable bonds is 7. The first-order valence-electron chi connectivity index (χ1n) is 9.85. The quantitative estimate of drug-likeness (QED) is 0.385. The number of benzene rings is 1. The summed E-state index contributed by atoms with van der Waals surface area (Å²) in [5.74, 6) is -1.05. The molecule has 3 aromatic rings. The Morgan fingerprint density at radius 3 is 2.52 bits per heavy atom. The molecule has 2 heterocycles. The highest BCUT2D eigenvalue weighted by Gasteiger charge is 2.43. The highest BCUT2D eigenvalue weighted by Crippen LogP contribution is 2.27. The minimum Gasteiger partial charge on any atom is -0.363 e. The molecule has 1 aromatic carbocycles. The van der Waals surface area contributed by atoms with Crippen molar-refractivity contribution in [2.75, 3.05) is 25.3 Å². The molecule has 1 amide bonds. The fraction of sp³-hybridized carbons (Fsp3) is 0.333. The third-order valence-corrected chi connectivity index (χ3v) is 7.69. The number of fused-ring (bicyclic) bond motifs is 1. The van der Waals surface area contributed by atoms with Gasteiger partial charge in [0.05, 0.1) is 17.2 Å². The summed E-state index contributed by atoms with van der Waals surface area (Å²) in [6.07, 6.45) is 3.29. The molecule has 33 heavy (non-hydrogen) atoms. The highest BCUT2D eigenvalue weighted by molar-refractivity contribution is 7.92. The largest absolute Gasteiger partial charge is 0.363 e. The second kappa shape index (κ2) is 8.87. The van der Waals surface area contributed by atoms with Crippen molar-refractivity contribution >= 4 is 32.5 Å². The molecule has 0 saturated carbocycles. The Labute approximate surface area is 189 Å². The van der Waals surface area contributed by atoms with E-state index in [2.05, 4.69) is 9.97 Å². The van der Waals surface area contributed by atoms with Crippen molar-refractivity contribution in [2.45, 2.75) is 24.6 Å². The zero-order valence-corrected chi connectivity index (χ0v) is 19.4. The lowest BCUT2D eigenvalue weighted by molar-refractivity contribution is -0.131. The molecule has 0 aliphatic rings. The number of nitrogens with zero attached hydrogens (tertiary/aromatic N) is 4. The SMILES string of the molecule is CN(C)c1ccc(-c2cc3ncn(CC[C@@](C)(C(=O)NO)S(C)(=O)=O)c(=O)c3cc2F)cn1. The number of sulfone groups is 1. The summed E-state index contributed by atoms with van der Waals surface area (Å²) in [7, 11) is -0.258. The highest BCUT2D eigenvalue weighted by atomic mass is 32.2. The van der Waals surface area contributed by atoms with Gasteiger partial charge in [0.25, 0.3) is 11.5 Å². The van der Waals surface area contributed by atoms with E-state index in [1.807, 2.05) is 19.0 Å². The van der Waals surface area contributed by atoms with Crippen molar-refractivity contribution in [3.8, 4) is 11.1 Å². The van der Waals surface area contributed by atoms with Crippen LogP contribution in [0.3, 0.4) is 0 Å². The Bertz CT molecular complexity index is 1370. The monoisotopic (exact) mass is 477 g/mol. The standard InChI is InChI=1S/C21H24FN5O5S/c1-21(20(29)25-30,33(4,31)32)7-8-27-12-24-17-10-14(16(22)9-15(17)19(27)28)13-5-6-18(23-11-13)26(2)3/h5-6,9-12,30H,7-8H2,1-4H3,(H,25,29)/t21-/m0/s1. The van der Waals surface area contributed by atoms with E-state index in [9.17, 15) is 22.4 Å². The number of aromatic nitrogens is 3. The van der Waals surface area contributed by atoms with Crippen LogP contribution < -0.4 is 15.9 Å². The third kappa shape index (κ3) is 4.57. The lowest BCUT2D eigenvalue weighted by Gasteiger charge is -2.25. The number of halogens is 1. The summed E-state index contributed by atoms with van der Waals surface area (Å²) in [6.45, 7) is 0.951. The number of hydrogen-bond donors (Lipinski definition) is 2. The van der Waals surface area contributed by atoms with Crippen LogP contribution in [0.5, 0.6) is 0 Å². The summed E-state index contributed by atoms with van der Waals surface area (Å²) >= 11 is 0. The van der Waals surface area contributed by atoms with Crippen LogP contribution in [0.2, 0.25) is 0 Å². The van der Waals surface area contributed by atoms with Crippen LogP contribution in [0, 0.1) is 5.82 Å². The first kappa shape index (κ1) is 24.3. The molecule has 10 nitrogen and oxygen atoms in total. The summed E-state index contributed by atoms with van der Waals surface area (Å²) in [5, 5.41) is 8.93. The van der Waals surface area contributed by atoms with Crippen molar-refractivity contribution in [3.05, 3.63) is 53.0 Å².